The number of alkyl halides is 3. The molecule has 4 rings (SSSR count). The van der Waals surface area contributed by atoms with E-state index in [1.54, 1.807) is 0 Å². The van der Waals surface area contributed by atoms with Crippen LogP contribution in [0.15, 0.2) is 0 Å². The molecule has 2 nitrogen and oxygen atoms in total. The minimum absolute atomic E-state index is 0.173. The largest absolute Gasteiger partial charge is 0.414 e. The first-order chi connectivity index (χ1) is 14.3. The monoisotopic (exact) mass is 444 g/mol. The molecule has 5 heteroatoms. The van der Waals surface area contributed by atoms with E-state index < -0.39 is 17.9 Å². The number of aliphatic hydroxyl groups is 2. The number of halogens is 3. The van der Waals surface area contributed by atoms with Gasteiger partial charge in [-0.05, 0) is 124 Å². The summed E-state index contributed by atoms with van der Waals surface area (Å²) in [5, 5.41) is 20.1. The van der Waals surface area contributed by atoms with Crippen molar-refractivity contribution in [3.8, 4) is 0 Å². The van der Waals surface area contributed by atoms with Gasteiger partial charge in [0.05, 0.1) is 5.60 Å². The first-order valence-corrected chi connectivity index (χ1v) is 12.7. The topological polar surface area (TPSA) is 40.5 Å². The van der Waals surface area contributed by atoms with Gasteiger partial charge in [-0.1, -0.05) is 20.8 Å². The summed E-state index contributed by atoms with van der Waals surface area (Å²) in [6, 6.07) is 0. The molecule has 0 aliphatic heterocycles. The van der Waals surface area contributed by atoms with Gasteiger partial charge in [0.15, 0.2) is 0 Å². The molecule has 0 aromatic carbocycles. The molecule has 0 bridgehead atoms. The Morgan fingerprint density at radius 1 is 0.871 bits per heavy atom. The quantitative estimate of drug-likeness (QED) is 0.504. The standard InChI is InChI=1S/C26H43F3O2/c1-16(5-10-22(30)26(27,28)29)19-8-9-20-18-7-6-17-15-23(2,31)13-14-24(17,3)21(18)11-12-25(19,20)4/h16-22,30-31H,5-15H2,1-4H3/t16-,17+,18+,19?,20+,21+,22?,23+,24?,25-/m1/s1. The predicted octanol–water partition coefficient (Wildman–Crippen LogP) is 6.74. The summed E-state index contributed by atoms with van der Waals surface area (Å²) in [5.41, 5.74) is 0.0647. The Kier molecular flexibility index (Phi) is 6.07. The van der Waals surface area contributed by atoms with Gasteiger partial charge < -0.3 is 10.2 Å². The van der Waals surface area contributed by atoms with Gasteiger partial charge in [-0.2, -0.15) is 13.2 Å². The summed E-state index contributed by atoms with van der Waals surface area (Å²) in [7, 11) is 0. The molecule has 3 unspecified atom stereocenters. The van der Waals surface area contributed by atoms with E-state index in [-0.39, 0.29) is 17.8 Å². The lowest BCUT2D eigenvalue weighted by atomic mass is 9.43. The second-order valence-corrected chi connectivity index (χ2v) is 12.7. The lowest BCUT2D eigenvalue weighted by molar-refractivity contribution is -0.206. The van der Waals surface area contributed by atoms with Crippen LogP contribution >= 0.6 is 0 Å². The molecule has 2 N–H and O–H groups in total. The Morgan fingerprint density at radius 2 is 1.55 bits per heavy atom. The zero-order valence-corrected chi connectivity index (χ0v) is 19.8. The second-order valence-electron chi connectivity index (χ2n) is 12.7. The van der Waals surface area contributed by atoms with Crippen molar-refractivity contribution in [2.45, 2.75) is 116 Å². The minimum Gasteiger partial charge on any atom is -0.390 e. The molecule has 0 aromatic rings. The number of hydrogen-bond donors (Lipinski definition) is 2. The maximum atomic E-state index is 12.8. The van der Waals surface area contributed by atoms with Crippen molar-refractivity contribution in [3.05, 3.63) is 0 Å². The van der Waals surface area contributed by atoms with Gasteiger partial charge >= 0.3 is 6.18 Å². The Balaban J connectivity index is 1.45. The van der Waals surface area contributed by atoms with E-state index in [0.717, 1.165) is 37.5 Å². The van der Waals surface area contributed by atoms with Crippen molar-refractivity contribution in [2.24, 2.45) is 46.3 Å². The molecule has 0 aromatic heterocycles. The molecule has 0 saturated heterocycles. The molecule has 10 atom stereocenters. The SMILES string of the molecule is C[C@H](CCC(O)C(F)(F)F)C1CC[C@H]2[C@@H]3CC[C@H]4C[C@@](C)(O)CCC4(C)[C@H]3CC[C@]12C. The van der Waals surface area contributed by atoms with Crippen LogP contribution in [0.4, 0.5) is 13.2 Å². The fourth-order valence-corrected chi connectivity index (χ4v) is 9.19. The first-order valence-electron chi connectivity index (χ1n) is 12.7. The van der Waals surface area contributed by atoms with Crippen LogP contribution in [0.1, 0.15) is 98.3 Å². The van der Waals surface area contributed by atoms with Crippen LogP contribution in [0.3, 0.4) is 0 Å². The maximum absolute atomic E-state index is 12.8. The van der Waals surface area contributed by atoms with Crippen molar-refractivity contribution in [1.29, 1.82) is 0 Å². The van der Waals surface area contributed by atoms with Crippen molar-refractivity contribution in [1.82, 2.24) is 0 Å². The fraction of sp³-hybridized carbons (Fsp3) is 1.00. The average molecular weight is 445 g/mol. The number of aliphatic hydroxyl groups excluding tert-OH is 1. The molecule has 4 aliphatic carbocycles. The molecule has 180 valence electrons. The smallest absolute Gasteiger partial charge is 0.390 e. The molecule has 4 fully saturated rings. The van der Waals surface area contributed by atoms with E-state index in [1.807, 2.05) is 6.92 Å². The Morgan fingerprint density at radius 3 is 2.23 bits per heavy atom. The number of fused-ring (bicyclic) bond motifs is 5. The van der Waals surface area contributed by atoms with Gasteiger partial charge in [0, 0.05) is 0 Å². The summed E-state index contributed by atoms with van der Waals surface area (Å²) >= 11 is 0. The van der Waals surface area contributed by atoms with Crippen LogP contribution < -0.4 is 0 Å². The van der Waals surface area contributed by atoms with Crippen molar-refractivity contribution in [3.63, 3.8) is 0 Å². The Bertz CT molecular complexity index is 662. The van der Waals surface area contributed by atoms with Gasteiger partial charge in [0.2, 0.25) is 0 Å². The van der Waals surface area contributed by atoms with Crippen molar-refractivity contribution >= 4 is 0 Å². The second kappa shape index (κ2) is 7.89. The summed E-state index contributed by atoms with van der Waals surface area (Å²) < 4.78 is 38.3. The number of rotatable bonds is 4. The van der Waals surface area contributed by atoms with E-state index in [0.29, 0.717) is 29.6 Å². The maximum Gasteiger partial charge on any atom is 0.414 e. The van der Waals surface area contributed by atoms with Crippen LogP contribution in [0, 0.1) is 46.3 Å². The van der Waals surface area contributed by atoms with Crippen LogP contribution in [0.25, 0.3) is 0 Å². The van der Waals surface area contributed by atoms with Gasteiger partial charge in [-0.15, -0.1) is 0 Å². The lowest BCUT2D eigenvalue weighted by Crippen LogP contribution is -2.55. The van der Waals surface area contributed by atoms with Crippen LogP contribution in [0.5, 0.6) is 0 Å². The van der Waals surface area contributed by atoms with Crippen LogP contribution in [0.2, 0.25) is 0 Å². The third-order valence-electron chi connectivity index (χ3n) is 11.0. The zero-order valence-electron chi connectivity index (χ0n) is 19.8. The molecule has 4 aliphatic rings. The molecule has 4 saturated carbocycles. The normalized spacial score (nSPS) is 49.6. The molecule has 0 radical (unpaired) electrons. The van der Waals surface area contributed by atoms with Gasteiger partial charge in [0.1, 0.15) is 6.10 Å². The highest BCUT2D eigenvalue weighted by Crippen LogP contribution is 2.68. The molecule has 0 heterocycles. The van der Waals surface area contributed by atoms with E-state index in [1.165, 1.54) is 32.1 Å². The number of hydrogen-bond acceptors (Lipinski definition) is 2. The molecule has 31 heavy (non-hydrogen) atoms. The van der Waals surface area contributed by atoms with Gasteiger partial charge in [0.25, 0.3) is 0 Å². The lowest BCUT2D eigenvalue weighted by Gasteiger charge is -2.62. The highest BCUT2D eigenvalue weighted by Gasteiger charge is 2.61. The van der Waals surface area contributed by atoms with Crippen LogP contribution in [-0.2, 0) is 0 Å². The highest BCUT2D eigenvalue weighted by molar-refractivity contribution is 5.10. The first kappa shape index (κ1) is 23.9. The van der Waals surface area contributed by atoms with E-state index in [4.69, 9.17) is 0 Å². The van der Waals surface area contributed by atoms with Gasteiger partial charge in [-0.25, -0.2) is 0 Å². The van der Waals surface area contributed by atoms with Crippen molar-refractivity contribution in [2.75, 3.05) is 0 Å². The third kappa shape index (κ3) is 4.09. The molecule has 0 amide bonds. The summed E-state index contributed by atoms with van der Waals surface area (Å²) in [5.74, 6) is 3.48. The van der Waals surface area contributed by atoms with Crippen molar-refractivity contribution < 1.29 is 23.4 Å². The Hall–Kier alpha value is -0.290. The zero-order chi connectivity index (χ0) is 22.8. The molecular formula is C26H43F3O2. The predicted molar refractivity (Wildman–Crippen MR) is 116 cm³/mol. The third-order valence-corrected chi connectivity index (χ3v) is 11.0. The molecular weight excluding hydrogens is 401 g/mol. The Labute approximate surface area is 186 Å². The summed E-state index contributed by atoms with van der Waals surface area (Å²) in [4.78, 5) is 0. The summed E-state index contributed by atoms with van der Waals surface area (Å²) in [6.45, 7) is 9.06. The van der Waals surface area contributed by atoms with Gasteiger partial charge in [-0.3, -0.25) is 0 Å². The van der Waals surface area contributed by atoms with E-state index in [9.17, 15) is 23.4 Å². The fourth-order valence-electron chi connectivity index (χ4n) is 9.19. The minimum atomic E-state index is -4.50. The van der Waals surface area contributed by atoms with E-state index in [2.05, 4.69) is 20.8 Å². The van der Waals surface area contributed by atoms with E-state index >= 15 is 0 Å². The molecule has 0 spiro atoms. The highest BCUT2D eigenvalue weighted by atomic mass is 19.4. The average Bonchev–Trinajstić information content (AvgIpc) is 3.02. The van der Waals surface area contributed by atoms with Crippen LogP contribution in [-0.4, -0.2) is 28.1 Å². The summed E-state index contributed by atoms with van der Waals surface area (Å²) in [6.07, 6.45) is 3.82.